The lowest BCUT2D eigenvalue weighted by atomic mass is 10.1. The van der Waals surface area contributed by atoms with Crippen LogP contribution < -0.4 is 5.73 Å². The van der Waals surface area contributed by atoms with Crippen molar-refractivity contribution in [1.82, 2.24) is 0 Å². The molecule has 8 heteroatoms. The Bertz CT molecular complexity index is 406. The van der Waals surface area contributed by atoms with Crippen LogP contribution in [0.5, 0.6) is 0 Å². The fraction of sp³-hybridized carbons (Fsp3) is 0.545. The molecule has 0 radical (unpaired) electrons. The third kappa shape index (κ3) is 3.85. The molecule has 0 aromatic carbocycles. The van der Waals surface area contributed by atoms with Crippen LogP contribution in [0.4, 0.5) is 0 Å². The smallest absolute Gasteiger partial charge is 0.346 e. The molecule has 0 aromatic rings. The molecule has 4 atom stereocenters. The van der Waals surface area contributed by atoms with Crippen molar-refractivity contribution in [2.45, 2.75) is 24.7 Å². The van der Waals surface area contributed by atoms with Crippen molar-refractivity contribution in [1.29, 1.82) is 0 Å². The van der Waals surface area contributed by atoms with E-state index in [1.165, 1.54) is 6.08 Å². The van der Waals surface area contributed by atoms with Crippen LogP contribution in [0.3, 0.4) is 0 Å². The van der Waals surface area contributed by atoms with E-state index >= 15 is 0 Å². The summed E-state index contributed by atoms with van der Waals surface area (Å²) in [5.41, 5.74) is 5.53. The van der Waals surface area contributed by atoms with E-state index in [1.54, 1.807) is 6.08 Å². The third-order valence-corrected chi connectivity index (χ3v) is 2.60. The number of esters is 3. The highest BCUT2D eigenvalue weighted by molar-refractivity contribution is 5.93. The lowest BCUT2D eigenvalue weighted by Gasteiger charge is -2.15. The maximum atomic E-state index is 11.5. The second kappa shape index (κ2) is 6.41. The summed E-state index contributed by atoms with van der Waals surface area (Å²) in [7, 11) is 0.972. The molecule has 19 heavy (non-hydrogen) atoms. The molecule has 4 N–H and O–H groups in total. The second-order valence-corrected chi connectivity index (χ2v) is 4.04. The molecule has 0 saturated carbocycles. The van der Waals surface area contributed by atoms with E-state index in [9.17, 15) is 24.6 Å². The minimum absolute atomic E-state index is 0.293. The zero-order chi connectivity index (χ0) is 14.6. The van der Waals surface area contributed by atoms with Crippen molar-refractivity contribution in [3.05, 3.63) is 12.2 Å². The molecule has 0 heterocycles. The van der Waals surface area contributed by atoms with Crippen LogP contribution in [0.15, 0.2) is 12.2 Å². The number of hydrogen-bond acceptors (Lipinski definition) is 8. The average molecular weight is 273 g/mol. The molecule has 1 aliphatic carbocycles. The summed E-state index contributed by atoms with van der Waals surface area (Å²) in [6, 6.07) is -0.293. The number of rotatable bonds is 4. The molecule has 0 aromatic heterocycles. The Hall–Kier alpha value is -1.77. The van der Waals surface area contributed by atoms with Gasteiger partial charge in [0, 0.05) is 6.04 Å². The number of nitrogens with two attached hydrogens (primary N) is 1. The van der Waals surface area contributed by atoms with Crippen molar-refractivity contribution in [2.75, 3.05) is 7.11 Å². The molecule has 106 valence electrons. The fourth-order valence-corrected chi connectivity index (χ4v) is 1.52. The zero-order valence-electron chi connectivity index (χ0n) is 10.2. The first-order valence-corrected chi connectivity index (χ1v) is 5.50. The summed E-state index contributed by atoms with van der Waals surface area (Å²) in [4.78, 5) is 33.7. The topological polar surface area (TPSA) is 136 Å². The Kier molecular flexibility index (Phi) is 5.16. The predicted octanol–water partition coefficient (Wildman–Crippen LogP) is -2.15. The van der Waals surface area contributed by atoms with Gasteiger partial charge in [-0.3, -0.25) is 4.79 Å². The van der Waals surface area contributed by atoms with Gasteiger partial charge in [-0.25, -0.2) is 9.59 Å². The van der Waals surface area contributed by atoms with E-state index in [-0.39, 0.29) is 6.04 Å². The minimum atomic E-state index is -2.18. The molecule has 0 bridgehead atoms. The lowest BCUT2D eigenvalue weighted by Crippen LogP contribution is -2.42. The predicted molar refractivity (Wildman–Crippen MR) is 60.4 cm³/mol. The summed E-state index contributed by atoms with van der Waals surface area (Å²) < 4.78 is 8.49. The Balaban J connectivity index is 2.52. The molecular formula is C11H15NO7. The van der Waals surface area contributed by atoms with Crippen LogP contribution in [0, 0.1) is 5.92 Å². The van der Waals surface area contributed by atoms with Gasteiger partial charge in [0.1, 0.15) is 0 Å². The van der Waals surface area contributed by atoms with Gasteiger partial charge in [0.05, 0.1) is 13.0 Å². The molecule has 8 nitrogen and oxygen atoms in total. The first-order chi connectivity index (χ1) is 8.86. The largest absolute Gasteiger partial charge is 0.467 e. The van der Waals surface area contributed by atoms with E-state index in [1.807, 2.05) is 0 Å². The summed E-state index contributed by atoms with van der Waals surface area (Å²) in [5.74, 6) is -4.21. The van der Waals surface area contributed by atoms with Crippen LogP contribution in [0.1, 0.15) is 6.42 Å². The molecule has 1 rings (SSSR count). The Morgan fingerprint density at radius 1 is 1.21 bits per heavy atom. The second-order valence-electron chi connectivity index (χ2n) is 4.04. The van der Waals surface area contributed by atoms with Gasteiger partial charge >= 0.3 is 17.9 Å². The SMILES string of the molecule is COC(=O)C(O)C(O)C(=O)OC(=O)C1C=CC(N)C1. The monoisotopic (exact) mass is 273 g/mol. The number of ether oxygens (including phenoxy) is 2. The first-order valence-electron chi connectivity index (χ1n) is 5.50. The normalized spacial score (nSPS) is 24.6. The van der Waals surface area contributed by atoms with Crippen LogP contribution in [-0.2, 0) is 23.9 Å². The van der Waals surface area contributed by atoms with E-state index in [0.717, 1.165) is 7.11 Å². The van der Waals surface area contributed by atoms with E-state index in [2.05, 4.69) is 9.47 Å². The van der Waals surface area contributed by atoms with E-state index < -0.39 is 36.0 Å². The number of carbonyl (C=O) groups excluding carboxylic acids is 3. The molecule has 0 saturated heterocycles. The summed E-state index contributed by atoms with van der Waals surface area (Å²) in [5, 5.41) is 18.5. The van der Waals surface area contributed by atoms with Gasteiger partial charge in [-0.15, -0.1) is 0 Å². The van der Waals surface area contributed by atoms with Crippen LogP contribution in [0.25, 0.3) is 0 Å². The van der Waals surface area contributed by atoms with Crippen molar-refractivity contribution >= 4 is 17.9 Å². The van der Waals surface area contributed by atoms with Crippen molar-refractivity contribution in [3.8, 4) is 0 Å². The molecule has 0 amide bonds. The summed E-state index contributed by atoms with van der Waals surface area (Å²) in [6.07, 6.45) is -0.913. The van der Waals surface area contributed by atoms with Gasteiger partial charge < -0.3 is 25.4 Å². The van der Waals surface area contributed by atoms with Gasteiger partial charge in [-0.2, -0.15) is 0 Å². The highest BCUT2D eigenvalue weighted by Gasteiger charge is 2.35. The van der Waals surface area contributed by atoms with Crippen LogP contribution in [-0.4, -0.2) is 53.5 Å². The number of hydrogen-bond donors (Lipinski definition) is 3. The van der Waals surface area contributed by atoms with Crippen LogP contribution >= 0.6 is 0 Å². The Labute approximate surface area is 108 Å². The van der Waals surface area contributed by atoms with Gasteiger partial charge in [0.2, 0.25) is 0 Å². The molecule has 4 unspecified atom stereocenters. The number of aliphatic hydroxyl groups is 2. The standard InChI is InChI=1S/C11H15NO7/c1-18-10(16)7(13)8(14)11(17)19-9(15)5-2-3-6(12)4-5/h2-3,5-8,13-14H,4,12H2,1H3. The van der Waals surface area contributed by atoms with Crippen molar-refractivity contribution in [2.24, 2.45) is 11.7 Å². The van der Waals surface area contributed by atoms with Crippen molar-refractivity contribution < 1.29 is 34.1 Å². The lowest BCUT2D eigenvalue weighted by molar-refractivity contribution is -0.177. The van der Waals surface area contributed by atoms with Gasteiger partial charge in [0.15, 0.2) is 12.2 Å². The highest BCUT2D eigenvalue weighted by Crippen LogP contribution is 2.18. The third-order valence-electron chi connectivity index (χ3n) is 2.60. The molecular weight excluding hydrogens is 258 g/mol. The number of carbonyl (C=O) groups is 3. The summed E-state index contributed by atoms with van der Waals surface area (Å²) in [6.45, 7) is 0. The fourth-order valence-electron chi connectivity index (χ4n) is 1.52. The molecule has 1 aliphatic rings. The number of methoxy groups -OCH3 is 1. The molecule has 0 fully saturated rings. The maximum Gasteiger partial charge on any atom is 0.346 e. The Morgan fingerprint density at radius 2 is 1.79 bits per heavy atom. The summed E-state index contributed by atoms with van der Waals surface area (Å²) >= 11 is 0. The number of aliphatic hydroxyl groups excluding tert-OH is 2. The van der Waals surface area contributed by atoms with Gasteiger partial charge in [-0.05, 0) is 6.42 Å². The first kappa shape index (κ1) is 15.3. The quantitative estimate of drug-likeness (QED) is 0.300. The Morgan fingerprint density at radius 3 is 2.26 bits per heavy atom. The van der Waals surface area contributed by atoms with E-state index in [0.29, 0.717) is 6.42 Å². The molecule has 0 aliphatic heterocycles. The zero-order valence-corrected chi connectivity index (χ0v) is 10.2. The average Bonchev–Trinajstić information content (AvgIpc) is 2.82. The van der Waals surface area contributed by atoms with Crippen molar-refractivity contribution in [3.63, 3.8) is 0 Å². The van der Waals surface area contributed by atoms with E-state index in [4.69, 9.17) is 5.73 Å². The highest BCUT2D eigenvalue weighted by atomic mass is 16.6. The van der Waals surface area contributed by atoms with Crippen LogP contribution in [0.2, 0.25) is 0 Å². The van der Waals surface area contributed by atoms with Gasteiger partial charge in [-0.1, -0.05) is 12.2 Å². The minimum Gasteiger partial charge on any atom is -0.467 e. The maximum absolute atomic E-state index is 11.5. The molecule has 0 spiro atoms. The van der Waals surface area contributed by atoms with Gasteiger partial charge in [0.25, 0.3) is 0 Å².